The Labute approximate surface area is 704 Å². The minimum absolute atomic E-state index is 0.133. The van der Waals surface area contributed by atoms with E-state index in [4.69, 9.17) is 4.42 Å². The molecule has 0 saturated carbocycles. The highest BCUT2D eigenvalue weighted by Crippen LogP contribution is 2.57. The zero-order valence-corrected chi connectivity index (χ0v) is 72.3. The first-order valence-corrected chi connectivity index (χ1v) is 42.7. The van der Waals surface area contributed by atoms with Crippen LogP contribution in [0.15, 0.2) is 320 Å². The van der Waals surface area contributed by atoms with E-state index in [1.807, 2.05) is 0 Å². The quantitative estimate of drug-likeness (QED) is 0.128. The van der Waals surface area contributed by atoms with Crippen LogP contribution in [0.5, 0.6) is 0 Å². The summed E-state index contributed by atoms with van der Waals surface area (Å²) in [6, 6.07) is 122. The van der Waals surface area contributed by atoms with Gasteiger partial charge in [-0.2, -0.15) is 0 Å². The first-order valence-electron chi connectivity index (χ1n) is 42.7. The normalized spacial score (nSPS) is 13.2. The molecule has 4 nitrogen and oxygen atoms in total. The fraction of sp³-hybridized carbons (Fsp3) is 0.211. The lowest BCUT2D eigenvalue weighted by Gasteiger charge is -2.46. The minimum atomic E-state index is -0.302. The summed E-state index contributed by atoms with van der Waals surface area (Å²) in [5.74, 6) is 0. The van der Waals surface area contributed by atoms with Gasteiger partial charge >= 0.3 is 0 Å². The molecule has 19 rings (SSSR count). The summed E-state index contributed by atoms with van der Waals surface area (Å²) in [5, 5.41) is 4.48. The van der Waals surface area contributed by atoms with Crippen LogP contribution in [0.4, 0.5) is 34.1 Å². The maximum absolute atomic E-state index is 7.33. The molecule has 2 aliphatic rings. The maximum atomic E-state index is 7.33. The zero-order valence-electron chi connectivity index (χ0n) is 72.3. The lowest BCUT2D eigenvalue weighted by molar-refractivity contribution is 0.568. The first kappa shape index (κ1) is 76.5. The number of furan rings is 1. The Morgan fingerprint density at radius 2 is 0.521 bits per heavy atom. The van der Waals surface area contributed by atoms with E-state index in [1.54, 1.807) is 0 Å². The van der Waals surface area contributed by atoms with Crippen molar-refractivity contribution in [3.05, 3.63) is 349 Å². The van der Waals surface area contributed by atoms with E-state index in [0.717, 1.165) is 140 Å². The second-order valence-corrected chi connectivity index (χ2v) is 39.8. The van der Waals surface area contributed by atoms with E-state index in [2.05, 4.69) is 454 Å². The van der Waals surface area contributed by atoms with Crippen molar-refractivity contribution >= 4 is 101 Å². The largest absolute Gasteiger partial charge is 0.454 e. The standard InChI is InChI=1S/C114H106BN3O/c1-109(2,3)81-55-77(56-82(65-81)110(4,5)6)75-51-53-95-99(60-75)117(106-90(71-37-23-19-24-38-71)67-85(113(13,14)15)68-91(106)72-39-25-20-26-40-72)101-62-80(79-59-94-89-47-33-36-50-104(89)119-108(94)103(64-79)116-97-48-34-31-45-87(97)88-46-32-35-49-98(88)116)63-102-105(101)115(95)96-54-52-76(78-57-83(111(7,8)9)66-84(58-78)112(10,11)12)61-100(96)118(102)107-92(73-41-27-21-28-42-73)69-86(114(16,17)18)70-93(107)74-43-29-22-30-44-74/h19-70H,1-18H3. The minimum Gasteiger partial charge on any atom is -0.454 e. The lowest BCUT2D eigenvalue weighted by atomic mass is 9.33. The molecule has 0 unspecified atom stereocenters. The molecular formula is C114H106BN3O. The number of benzene rings is 15. The van der Waals surface area contributed by atoms with Crippen LogP contribution in [0.25, 0.3) is 127 Å². The van der Waals surface area contributed by atoms with Crippen LogP contribution in [-0.2, 0) is 32.5 Å². The van der Waals surface area contributed by atoms with Crippen molar-refractivity contribution < 1.29 is 4.42 Å². The molecule has 2 aliphatic heterocycles. The van der Waals surface area contributed by atoms with Crippen LogP contribution in [0.2, 0.25) is 0 Å². The Balaban J connectivity index is 1.04. The molecule has 0 atom stereocenters. The van der Waals surface area contributed by atoms with Gasteiger partial charge in [0.25, 0.3) is 6.71 Å². The number of anilines is 6. The predicted octanol–water partition coefficient (Wildman–Crippen LogP) is 30.2. The topological polar surface area (TPSA) is 24.6 Å². The average molecular weight is 1540 g/mol. The molecule has 0 N–H and O–H groups in total. The SMILES string of the molecule is CC(C)(C)c1cc(-c2ccc3c(c2)N(c2c(-c4ccccc4)cc(C(C)(C)C)cc2-c2ccccc2)c2cc(-c4cc(-n5c6ccccc6c6ccccc65)c5oc6ccccc6c5c4)cc4c2B3c2ccc(-c3cc(C(C)(C)C)cc(C(C)(C)C)c3)cc2N4c2c(-c3ccccc3)cc(C(C)(C)C)cc2-c2ccccc2)cc(C(C)(C)C)c1. The van der Waals surface area contributed by atoms with Crippen LogP contribution in [-0.4, -0.2) is 11.3 Å². The van der Waals surface area contributed by atoms with E-state index in [-0.39, 0.29) is 39.2 Å². The van der Waals surface area contributed by atoms with E-state index in [0.29, 0.717) is 0 Å². The predicted molar refractivity (Wildman–Crippen MR) is 512 cm³/mol. The fourth-order valence-corrected chi connectivity index (χ4v) is 18.6. The summed E-state index contributed by atoms with van der Waals surface area (Å²) in [4.78, 5) is 5.52. The Kier molecular flexibility index (Phi) is 18.1. The maximum Gasteiger partial charge on any atom is 0.252 e. The number of nitrogens with zero attached hydrogens (tertiary/aromatic N) is 3. The monoisotopic (exact) mass is 1540 g/mol. The van der Waals surface area contributed by atoms with Gasteiger partial charge in [-0.15, -0.1) is 0 Å². The fourth-order valence-electron chi connectivity index (χ4n) is 18.6. The van der Waals surface area contributed by atoms with Crippen molar-refractivity contribution in [2.24, 2.45) is 0 Å². The number of hydrogen-bond donors (Lipinski definition) is 0. The molecule has 0 spiro atoms. The summed E-state index contributed by atoms with van der Waals surface area (Å²) in [6.45, 7) is 42.2. The number of hydrogen-bond acceptors (Lipinski definition) is 3. The molecule has 0 fully saturated rings. The summed E-state index contributed by atoms with van der Waals surface area (Å²) in [6.07, 6.45) is 0. The molecule has 2 aromatic heterocycles. The Morgan fingerprint density at radius 1 is 0.227 bits per heavy atom. The second-order valence-electron chi connectivity index (χ2n) is 39.8. The molecular weight excluding hydrogens is 1440 g/mol. The van der Waals surface area contributed by atoms with Gasteiger partial charge in [-0.05, 0) is 217 Å². The van der Waals surface area contributed by atoms with Crippen molar-refractivity contribution in [3.63, 3.8) is 0 Å². The Hall–Kier alpha value is -12.4. The molecule has 0 aliphatic carbocycles. The van der Waals surface area contributed by atoms with E-state index in [1.165, 1.54) is 71.7 Å². The molecule has 17 aromatic rings. The number of aromatic nitrogens is 1. The van der Waals surface area contributed by atoms with Crippen LogP contribution < -0.4 is 26.2 Å². The van der Waals surface area contributed by atoms with Crippen LogP contribution >= 0.6 is 0 Å². The van der Waals surface area contributed by atoms with Gasteiger partial charge in [0.2, 0.25) is 0 Å². The van der Waals surface area contributed by atoms with Gasteiger partial charge in [0.1, 0.15) is 5.58 Å². The summed E-state index contributed by atoms with van der Waals surface area (Å²) in [5.41, 5.74) is 37.9. The summed E-state index contributed by atoms with van der Waals surface area (Å²) >= 11 is 0. The van der Waals surface area contributed by atoms with Gasteiger partial charge in [0.15, 0.2) is 5.58 Å². The molecule has 15 aromatic carbocycles. The van der Waals surface area contributed by atoms with Crippen molar-refractivity contribution in [2.75, 3.05) is 9.80 Å². The van der Waals surface area contributed by atoms with Crippen molar-refractivity contribution in [2.45, 2.75) is 157 Å². The number of para-hydroxylation sites is 3. The van der Waals surface area contributed by atoms with E-state index < -0.39 is 0 Å². The third-order valence-electron chi connectivity index (χ3n) is 25.4. The van der Waals surface area contributed by atoms with E-state index in [9.17, 15) is 0 Å². The highest BCUT2D eigenvalue weighted by molar-refractivity contribution is 7.00. The van der Waals surface area contributed by atoms with Gasteiger partial charge in [0, 0.05) is 66.5 Å². The second kappa shape index (κ2) is 28.1. The molecule has 119 heavy (non-hydrogen) atoms. The molecule has 0 saturated heterocycles. The van der Waals surface area contributed by atoms with Crippen molar-refractivity contribution in [3.8, 4) is 83.6 Å². The van der Waals surface area contributed by atoms with Gasteiger partial charge in [-0.1, -0.05) is 361 Å². The van der Waals surface area contributed by atoms with Crippen LogP contribution in [0, 0.1) is 0 Å². The molecule has 5 heteroatoms. The molecule has 4 heterocycles. The van der Waals surface area contributed by atoms with Crippen LogP contribution in [0.1, 0.15) is 158 Å². The first-order chi connectivity index (χ1) is 56.8. The van der Waals surface area contributed by atoms with Gasteiger partial charge < -0.3 is 18.8 Å². The van der Waals surface area contributed by atoms with E-state index >= 15 is 0 Å². The summed E-state index contributed by atoms with van der Waals surface area (Å²) in [7, 11) is 0. The number of rotatable bonds is 10. The molecule has 586 valence electrons. The summed E-state index contributed by atoms with van der Waals surface area (Å²) < 4.78 is 9.80. The molecule has 0 radical (unpaired) electrons. The average Bonchev–Trinajstić information content (AvgIpc) is 1.18. The molecule has 0 bridgehead atoms. The number of fused-ring (bicyclic) bond motifs is 10. The van der Waals surface area contributed by atoms with Crippen molar-refractivity contribution in [1.29, 1.82) is 0 Å². The lowest BCUT2D eigenvalue weighted by Crippen LogP contribution is -2.61. The Bertz CT molecular complexity index is 6360. The molecule has 0 amide bonds. The third kappa shape index (κ3) is 13.4. The zero-order chi connectivity index (χ0) is 82.7. The highest BCUT2D eigenvalue weighted by atomic mass is 16.3. The highest BCUT2D eigenvalue weighted by Gasteiger charge is 2.47. The van der Waals surface area contributed by atoms with Crippen LogP contribution in [0.3, 0.4) is 0 Å². The Morgan fingerprint density at radius 3 is 0.882 bits per heavy atom. The van der Waals surface area contributed by atoms with Crippen molar-refractivity contribution in [1.82, 2.24) is 4.57 Å². The smallest absolute Gasteiger partial charge is 0.252 e. The third-order valence-corrected chi connectivity index (χ3v) is 25.4. The van der Waals surface area contributed by atoms with Gasteiger partial charge in [-0.25, -0.2) is 0 Å². The van der Waals surface area contributed by atoms with Gasteiger partial charge in [0.05, 0.1) is 28.1 Å². The van der Waals surface area contributed by atoms with Gasteiger partial charge in [-0.3, -0.25) is 0 Å².